The highest BCUT2D eigenvalue weighted by molar-refractivity contribution is 7.82. The summed E-state index contributed by atoms with van der Waals surface area (Å²) < 4.78 is 5.68. The first-order chi connectivity index (χ1) is 9.80. The highest BCUT2D eigenvalue weighted by Crippen LogP contribution is 2.38. The summed E-state index contributed by atoms with van der Waals surface area (Å²) in [6, 6.07) is 0. The van der Waals surface area contributed by atoms with Gasteiger partial charge < -0.3 is 20.1 Å². The lowest BCUT2D eigenvalue weighted by atomic mass is 9.86. The van der Waals surface area contributed by atoms with Crippen LogP contribution in [0.2, 0.25) is 0 Å². The van der Waals surface area contributed by atoms with E-state index in [4.69, 9.17) is 4.74 Å². The minimum absolute atomic E-state index is 0.148. The van der Waals surface area contributed by atoms with E-state index in [0.717, 1.165) is 0 Å². The fraction of sp³-hybridized carbons (Fsp3) is 0.800. The molecule has 0 aromatic rings. The molecule has 2 rings (SSSR count). The molecule has 0 radical (unpaired) electrons. The van der Waals surface area contributed by atoms with Crippen molar-refractivity contribution in [2.75, 3.05) is 6.61 Å². The van der Waals surface area contributed by atoms with Gasteiger partial charge in [0, 0.05) is 12.3 Å². The van der Waals surface area contributed by atoms with Gasteiger partial charge in [-0.2, -0.15) is 12.6 Å². The molecule has 0 spiro atoms. The smallest absolute Gasteiger partial charge is 0.174 e. The molecule has 6 atom stereocenters. The third-order valence-corrected chi connectivity index (χ3v) is 5.30. The number of carbonyl (C=O) groups is 1. The molecule has 2 aliphatic rings. The largest absolute Gasteiger partial charge is 0.394 e. The summed E-state index contributed by atoms with van der Waals surface area (Å²) in [6.45, 7) is 3.26. The predicted molar refractivity (Wildman–Crippen MR) is 81.3 cm³/mol. The number of Topliss-reactive ketones (excluding diaryl/α,β-unsaturated/α-hetero) is 1. The van der Waals surface area contributed by atoms with Gasteiger partial charge in [-0.25, -0.2) is 0 Å². The molecule has 4 unspecified atom stereocenters. The van der Waals surface area contributed by atoms with Gasteiger partial charge in [0.1, 0.15) is 6.10 Å². The van der Waals surface area contributed by atoms with Crippen LogP contribution in [0.4, 0.5) is 0 Å². The zero-order valence-corrected chi connectivity index (χ0v) is 13.3. The summed E-state index contributed by atoms with van der Waals surface area (Å²) in [5.41, 5.74) is -0.590. The monoisotopic (exact) mass is 316 g/mol. The van der Waals surface area contributed by atoms with Crippen LogP contribution in [0, 0.1) is 5.92 Å². The number of aliphatic hydroxyl groups excluding tert-OH is 2. The van der Waals surface area contributed by atoms with E-state index in [1.165, 1.54) is 0 Å². The molecule has 0 saturated carbocycles. The summed E-state index contributed by atoms with van der Waals surface area (Å²) in [4.78, 5) is 12.3. The first-order valence-corrected chi connectivity index (χ1v) is 7.91. The number of hydrogen-bond donors (Lipinski definition) is 4. The summed E-state index contributed by atoms with van der Waals surface area (Å²) >= 11 is 4.29. The van der Waals surface area contributed by atoms with Gasteiger partial charge in [0.15, 0.2) is 5.78 Å². The maximum absolute atomic E-state index is 12.3. The Morgan fingerprint density at radius 1 is 1.52 bits per heavy atom. The lowest BCUT2D eigenvalue weighted by molar-refractivity contribution is -0.119. The minimum Gasteiger partial charge on any atom is -0.394 e. The van der Waals surface area contributed by atoms with Crippen molar-refractivity contribution in [2.45, 2.75) is 62.3 Å². The van der Waals surface area contributed by atoms with Gasteiger partial charge in [0.05, 0.1) is 29.7 Å². The van der Waals surface area contributed by atoms with E-state index >= 15 is 0 Å². The van der Waals surface area contributed by atoms with Crippen LogP contribution in [0.15, 0.2) is 11.6 Å². The predicted octanol–water partition coefficient (Wildman–Crippen LogP) is 0.472. The zero-order valence-electron chi connectivity index (χ0n) is 12.4. The molecule has 1 aliphatic heterocycles. The Hall–Kier alpha value is -0.400. The van der Waals surface area contributed by atoms with Crippen molar-refractivity contribution in [1.29, 1.82) is 0 Å². The van der Waals surface area contributed by atoms with E-state index in [0.29, 0.717) is 24.8 Å². The number of aliphatic hydroxyl groups is 3. The second-order valence-electron chi connectivity index (χ2n) is 6.24. The van der Waals surface area contributed by atoms with E-state index in [1.54, 1.807) is 6.92 Å². The van der Waals surface area contributed by atoms with Gasteiger partial charge in [-0.3, -0.25) is 4.79 Å². The molecule has 1 heterocycles. The van der Waals surface area contributed by atoms with Gasteiger partial charge >= 0.3 is 0 Å². The van der Waals surface area contributed by atoms with Gasteiger partial charge in [-0.05, 0) is 25.3 Å². The van der Waals surface area contributed by atoms with Crippen molar-refractivity contribution in [2.24, 2.45) is 5.92 Å². The molecule has 1 fully saturated rings. The van der Waals surface area contributed by atoms with Gasteiger partial charge in [-0.15, -0.1) is 0 Å². The van der Waals surface area contributed by atoms with Crippen molar-refractivity contribution in [1.82, 2.24) is 0 Å². The van der Waals surface area contributed by atoms with E-state index in [2.05, 4.69) is 12.6 Å². The Labute approximate surface area is 130 Å². The van der Waals surface area contributed by atoms with Gasteiger partial charge in [0.25, 0.3) is 0 Å². The molecule has 1 saturated heterocycles. The maximum Gasteiger partial charge on any atom is 0.174 e. The number of ketones is 1. The maximum atomic E-state index is 12.3. The SMILES string of the molecule is CCC1=CC([C@H]2CC(O)[C@@H](CO)O2)CC(C)(O)C(S)C1=O. The molecule has 0 bridgehead atoms. The molecule has 5 nitrogen and oxygen atoms in total. The van der Waals surface area contributed by atoms with Crippen LogP contribution in [0.25, 0.3) is 0 Å². The number of allylic oxidation sites excluding steroid dienone is 1. The molecule has 120 valence electrons. The topological polar surface area (TPSA) is 87.0 Å². The molecule has 0 aromatic heterocycles. The van der Waals surface area contributed by atoms with E-state index < -0.39 is 23.1 Å². The van der Waals surface area contributed by atoms with Crippen molar-refractivity contribution in [3.05, 3.63) is 11.6 Å². The second-order valence-corrected chi connectivity index (χ2v) is 6.75. The lowest BCUT2D eigenvalue weighted by Gasteiger charge is -2.31. The zero-order chi connectivity index (χ0) is 15.8. The van der Waals surface area contributed by atoms with Crippen molar-refractivity contribution < 1.29 is 24.9 Å². The van der Waals surface area contributed by atoms with Crippen LogP contribution >= 0.6 is 12.6 Å². The summed E-state index contributed by atoms with van der Waals surface area (Å²) in [5, 5.41) is 28.8. The van der Waals surface area contributed by atoms with Crippen LogP contribution in [-0.2, 0) is 9.53 Å². The quantitative estimate of drug-likeness (QED) is 0.569. The summed E-state index contributed by atoms with van der Waals surface area (Å²) in [7, 11) is 0. The van der Waals surface area contributed by atoms with Crippen LogP contribution in [0.5, 0.6) is 0 Å². The van der Waals surface area contributed by atoms with Crippen molar-refractivity contribution in [3.63, 3.8) is 0 Å². The normalized spacial score (nSPS) is 44.6. The van der Waals surface area contributed by atoms with Gasteiger partial charge in [0.2, 0.25) is 0 Å². The number of carbonyl (C=O) groups excluding carboxylic acids is 1. The minimum atomic E-state index is -1.23. The molecule has 21 heavy (non-hydrogen) atoms. The molecule has 6 heteroatoms. The van der Waals surface area contributed by atoms with Crippen LogP contribution < -0.4 is 0 Å². The Kier molecular flexibility index (Phi) is 5.15. The Morgan fingerprint density at radius 3 is 2.71 bits per heavy atom. The molecular formula is C15H24O5S. The van der Waals surface area contributed by atoms with Crippen LogP contribution in [0.3, 0.4) is 0 Å². The Morgan fingerprint density at radius 2 is 2.19 bits per heavy atom. The van der Waals surface area contributed by atoms with Crippen molar-refractivity contribution >= 4 is 18.4 Å². The average molecular weight is 316 g/mol. The average Bonchev–Trinajstić information content (AvgIpc) is 2.78. The number of thiol groups is 1. The molecule has 3 N–H and O–H groups in total. The number of ether oxygens (including phenoxy) is 1. The summed E-state index contributed by atoms with van der Waals surface area (Å²) in [5.74, 6) is -0.326. The van der Waals surface area contributed by atoms with Crippen LogP contribution in [0.1, 0.15) is 33.1 Å². The van der Waals surface area contributed by atoms with Crippen LogP contribution in [-0.4, -0.2) is 56.9 Å². The fourth-order valence-electron chi connectivity index (χ4n) is 3.18. The lowest BCUT2D eigenvalue weighted by Crippen LogP contribution is -2.42. The third-order valence-electron chi connectivity index (χ3n) is 4.51. The Balaban J connectivity index is 2.26. The highest BCUT2D eigenvalue weighted by Gasteiger charge is 2.45. The Bertz CT molecular complexity index is 434. The molecular weight excluding hydrogens is 292 g/mol. The first-order valence-electron chi connectivity index (χ1n) is 7.39. The summed E-state index contributed by atoms with van der Waals surface area (Å²) in [6.07, 6.45) is 1.54. The second kappa shape index (κ2) is 6.38. The van der Waals surface area contributed by atoms with E-state index in [-0.39, 0.29) is 24.4 Å². The first kappa shape index (κ1) is 17.0. The number of rotatable bonds is 3. The molecule has 0 amide bonds. The molecule has 1 aliphatic carbocycles. The third kappa shape index (κ3) is 3.35. The standard InChI is InChI=1S/C15H24O5S/c1-3-8-4-9(6-15(2,19)14(21)13(8)18)11-5-10(17)12(7-16)20-11/h4,9-12,14,16-17,19,21H,3,5-7H2,1-2H3/t9?,10?,11-,12-,14?,15?/m1/s1. The number of hydrogen-bond acceptors (Lipinski definition) is 6. The fourth-order valence-corrected chi connectivity index (χ4v) is 3.45. The molecule has 0 aromatic carbocycles. The van der Waals surface area contributed by atoms with E-state index in [9.17, 15) is 20.1 Å². The van der Waals surface area contributed by atoms with Gasteiger partial charge in [-0.1, -0.05) is 13.0 Å². The van der Waals surface area contributed by atoms with E-state index in [1.807, 2.05) is 13.0 Å². The van der Waals surface area contributed by atoms with Crippen molar-refractivity contribution in [3.8, 4) is 0 Å². The highest BCUT2D eigenvalue weighted by atomic mass is 32.1.